The van der Waals surface area contributed by atoms with Crippen LogP contribution in [0.15, 0.2) is 48.5 Å². The molecule has 0 atom stereocenters. The Balaban J connectivity index is 1.46. The largest absolute Gasteiger partial charge is 0.435 e. The standard InChI is InChI=1S/C18H16F2N2O2S/c19-18(20)24-13-7-5-12(6-8-13)11-16(23)21-10-9-17-22-14-3-1-2-4-15(14)25-17/h1-8,18H,9-11H2,(H,21,23). The van der Waals surface area contributed by atoms with Crippen LogP contribution in [0.1, 0.15) is 10.6 Å². The zero-order valence-corrected chi connectivity index (χ0v) is 14.1. The first-order chi connectivity index (χ1) is 12.1. The van der Waals surface area contributed by atoms with Crippen LogP contribution in [0.5, 0.6) is 5.75 Å². The lowest BCUT2D eigenvalue weighted by molar-refractivity contribution is -0.120. The Hall–Kier alpha value is -2.54. The average Bonchev–Trinajstić information content (AvgIpc) is 2.99. The van der Waals surface area contributed by atoms with Gasteiger partial charge in [0.15, 0.2) is 0 Å². The molecule has 0 fully saturated rings. The maximum Gasteiger partial charge on any atom is 0.387 e. The molecule has 130 valence electrons. The van der Waals surface area contributed by atoms with Crippen molar-refractivity contribution in [1.29, 1.82) is 0 Å². The number of nitrogens with one attached hydrogen (secondary N) is 1. The summed E-state index contributed by atoms with van der Waals surface area (Å²) in [6.45, 7) is -2.35. The first kappa shape index (κ1) is 17.3. The van der Waals surface area contributed by atoms with Gasteiger partial charge in [-0.2, -0.15) is 8.78 Å². The molecule has 0 unspecified atom stereocenters. The van der Waals surface area contributed by atoms with Crippen LogP contribution in [-0.4, -0.2) is 24.0 Å². The van der Waals surface area contributed by atoms with Gasteiger partial charge in [-0.1, -0.05) is 24.3 Å². The molecular weight excluding hydrogens is 346 g/mol. The second-order valence-electron chi connectivity index (χ2n) is 5.37. The predicted molar refractivity (Wildman–Crippen MR) is 93.1 cm³/mol. The third kappa shape index (κ3) is 4.96. The lowest BCUT2D eigenvalue weighted by Gasteiger charge is -2.06. The monoisotopic (exact) mass is 362 g/mol. The third-order valence-corrected chi connectivity index (χ3v) is 4.61. The fourth-order valence-electron chi connectivity index (χ4n) is 2.37. The van der Waals surface area contributed by atoms with Crippen molar-refractivity contribution < 1.29 is 18.3 Å². The maximum atomic E-state index is 12.1. The van der Waals surface area contributed by atoms with E-state index in [9.17, 15) is 13.6 Å². The van der Waals surface area contributed by atoms with Crippen LogP contribution in [0.3, 0.4) is 0 Å². The molecule has 1 aromatic heterocycles. The number of halogens is 2. The van der Waals surface area contributed by atoms with Gasteiger partial charge in [-0.15, -0.1) is 11.3 Å². The number of hydrogen-bond acceptors (Lipinski definition) is 4. The summed E-state index contributed by atoms with van der Waals surface area (Å²) in [5.41, 5.74) is 1.71. The van der Waals surface area contributed by atoms with Crippen molar-refractivity contribution in [3.05, 3.63) is 59.1 Å². The minimum absolute atomic E-state index is 0.0787. The van der Waals surface area contributed by atoms with E-state index in [0.717, 1.165) is 20.8 Å². The van der Waals surface area contributed by atoms with Gasteiger partial charge < -0.3 is 10.1 Å². The van der Waals surface area contributed by atoms with E-state index in [2.05, 4.69) is 15.0 Å². The molecule has 7 heteroatoms. The molecule has 25 heavy (non-hydrogen) atoms. The molecule has 0 aliphatic heterocycles. The van der Waals surface area contributed by atoms with Crippen molar-refractivity contribution in [2.45, 2.75) is 19.5 Å². The van der Waals surface area contributed by atoms with Gasteiger partial charge in [0.2, 0.25) is 5.91 Å². The average molecular weight is 362 g/mol. The zero-order valence-electron chi connectivity index (χ0n) is 13.2. The summed E-state index contributed by atoms with van der Waals surface area (Å²) in [6, 6.07) is 14.0. The topological polar surface area (TPSA) is 51.2 Å². The van der Waals surface area contributed by atoms with Crippen molar-refractivity contribution in [2.24, 2.45) is 0 Å². The quantitative estimate of drug-likeness (QED) is 0.696. The highest BCUT2D eigenvalue weighted by atomic mass is 32.1. The number of aromatic nitrogens is 1. The van der Waals surface area contributed by atoms with Crippen LogP contribution < -0.4 is 10.1 Å². The summed E-state index contributed by atoms with van der Waals surface area (Å²) in [4.78, 5) is 16.5. The molecule has 0 spiro atoms. The van der Waals surface area contributed by atoms with Crippen LogP contribution in [-0.2, 0) is 17.6 Å². The van der Waals surface area contributed by atoms with Crippen LogP contribution in [0.25, 0.3) is 10.2 Å². The van der Waals surface area contributed by atoms with E-state index in [1.807, 2.05) is 24.3 Å². The molecule has 1 amide bonds. The van der Waals surface area contributed by atoms with E-state index >= 15 is 0 Å². The highest BCUT2D eigenvalue weighted by Gasteiger charge is 2.07. The van der Waals surface area contributed by atoms with Gasteiger partial charge in [-0.25, -0.2) is 4.98 Å². The molecule has 3 rings (SSSR count). The van der Waals surface area contributed by atoms with E-state index in [0.29, 0.717) is 13.0 Å². The van der Waals surface area contributed by atoms with E-state index in [1.54, 1.807) is 23.5 Å². The number of rotatable bonds is 7. The van der Waals surface area contributed by atoms with Crippen molar-refractivity contribution in [3.63, 3.8) is 0 Å². The molecule has 0 aliphatic carbocycles. The number of benzene rings is 2. The van der Waals surface area contributed by atoms with E-state index in [4.69, 9.17) is 0 Å². The number of alkyl halides is 2. The number of para-hydroxylation sites is 1. The van der Waals surface area contributed by atoms with Crippen LogP contribution in [0.2, 0.25) is 0 Å². The normalized spacial score (nSPS) is 11.0. The van der Waals surface area contributed by atoms with Crippen LogP contribution in [0, 0.1) is 0 Å². The van der Waals surface area contributed by atoms with Gasteiger partial charge in [0.05, 0.1) is 21.6 Å². The Morgan fingerprint density at radius 2 is 1.92 bits per heavy atom. The third-order valence-electron chi connectivity index (χ3n) is 3.51. The van der Waals surface area contributed by atoms with Crippen LogP contribution >= 0.6 is 11.3 Å². The van der Waals surface area contributed by atoms with Crippen molar-refractivity contribution in [2.75, 3.05) is 6.54 Å². The number of amides is 1. The number of carbonyl (C=O) groups excluding carboxylic acids is 1. The van der Waals surface area contributed by atoms with Gasteiger partial charge in [-0.05, 0) is 29.8 Å². The zero-order chi connectivity index (χ0) is 17.6. The van der Waals surface area contributed by atoms with Gasteiger partial charge in [-0.3, -0.25) is 4.79 Å². The van der Waals surface area contributed by atoms with Gasteiger partial charge >= 0.3 is 6.61 Å². The Kier molecular flexibility index (Phi) is 5.55. The number of nitrogens with zero attached hydrogens (tertiary/aromatic N) is 1. The first-order valence-corrected chi connectivity index (χ1v) is 8.57. The van der Waals surface area contributed by atoms with Gasteiger partial charge in [0.25, 0.3) is 0 Å². The number of hydrogen-bond donors (Lipinski definition) is 1. The van der Waals surface area contributed by atoms with E-state index in [-0.39, 0.29) is 18.1 Å². The molecule has 0 radical (unpaired) electrons. The van der Waals surface area contributed by atoms with Gasteiger partial charge in [0.1, 0.15) is 5.75 Å². The van der Waals surface area contributed by atoms with Crippen molar-refractivity contribution in [1.82, 2.24) is 10.3 Å². The number of carbonyl (C=O) groups is 1. The predicted octanol–water partition coefficient (Wildman–Crippen LogP) is 3.80. The summed E-state index contributed by atoms with van der Waals surface area (Å²) < 4.78 is 29.6. The summed E-state index contributed by atoms with van der Waals surface area (Å²) >= 11 is 1.62. The maximum absolute atomic E-state index is 12.1. The number of ether oxygens (including phenoxy) is 1. The second-order valence-corrected chi connectivity index (χ2v) is 6.49. The van der Waals surface area contributed by atoms with E-state index in [1.165, 1.54) is 12.1 Å². The van der Waals surface area contributed by atoms with Crippen molar-refractivity contribution >= 4 is 27.5 Å². The number of thiazole rings is 1. The highest BCUT2D eigenvalue weighted by Crippen LogP contribution is 2.21. The highest BCUT2D eigenvalue weighted by molar-refractivity contribution is 7.18. The summed E-state index contributed by atoms with van der Waals surface area (Å²) in [5, 5.41) is 3.83. The summed E-state index contributed by atoms with van der Waals surface area (Å²) in [7, 11) is 0. The molecule has 4 nitrogen and oxygen atoms in total. The second kappa shape index (κ2) is 8.02. The van der Waals surface area contributed by atoms with Gasteiger partial charge in [0, 0.05) is 13.0 Å². The van der Waals surface area contributed by atoms with Crippen molar-refractivity contribution in [3.8, 4) is 5.75 Å². The SMILES string of the molecule is O=C(Cc1ccc(OC(F)F)cc1)NCCc1nc2ccccc2s1. The fourth-order valence-corrected chi connectivity index (χ4v) is 3.34. The summed E-state index contributed by atoms with van der Waals surface area (Å²) in [6.07, 6.45) is 0.862. The summed E-state index contributed by atoms with van der Waals surface area (Å²) in [5.74, 6) is -0.0429. The lowest BCUT2D eigenvalue weighted by atomic mass is 10.1. The Morgan fingerprint density at radius 3 is 2.64 bits per heavy atom. The smallest absolute Gasteiger partial charge is 0.387 e. The molecule has 3 aromatic rings. The Morgan fingerprint density at radius 1 is 1.16 bits per heavy atom. The lowest BCUT2D eigenvalue weighted by Crippen LogP contribution is -2.27. The molecule has 1 heterocycles. The molecule has 0 aliphatic rings. The fraction of sp³-hybridized carbons (Fsp3) is 0.222. The molecular formula is C18H16F2N2O2S. The molecule has 0 saturated carbocycles. The Bertz CT molecular complexity index is 817. The minimum atomic E-state index is -2.85. The molecule has 1 N–H and O–H groups in total. The molecule has 2 aromatic carbocycles. The Labute approximate surface area is 147 Å². The van der Waals surface area contributed by atoms with E-state index < -0.39 is 6.61 Å². The number of fused-ring (bicyclic) bond motifs is 1. The minimum Gasteiger partial charge on any atom is -0.435 e. The first-order valence-electron chi connectivity index (χ1n) is 7.75. The molecule has 0 bridgehead atoms. The van der Waals surface area contributed by atoms with Crippen LogP contribution in [0.4, 0.5) is 8.78 Å². The molecule has 0 saturated heterocycles.